The zero-order chi connectivity index (χ0) is 23.8. The Balaban J connectivity index is 1.31. The number of carbonyl (C=O) groups excluding carboxylic acids is 2. The molecular weight excluding hydrogens is 422 g/mol. The number of nitrogens with one attached hydrogen (secondary N) is 1. The number of benzene rings is 3. The lowest BCUT2D eigenvalue weighted by atomic mass is 10.0. The summed E-state index contributed by atoms with van der Waals surface area (Å²) in [5.41, 5.74) is 4.00. The van der Waals surface area contributed by atoms with Crippen LogP contribution in [0.4, 0.5) is 5.69 Å². The Morgan fingerprint density at radius 1 is 0.853 bits per heavy atom. The predicted molar refractivity (Wildman–Crippen MR) is 137 cm³/mol. The van der Waals surface area contributed by atoms with Crippen LogP contribution in [0.15, 0.2) is 84.9 Å². The van der Waals surface area contributed by atoms with E-state index in [2.05, 4.69) is 22.3 Å². The minimum Gasteiger partial charge on any atom is -0.371 e. The number of nitrogens with zero attached hydrogens (tertiary/aromatic N) is 2. The highest BCUT2D eigenvalue weighted by Gasteiger charge is 2.24. The molecule has 0 aliphatic carbocycles. The second kappa shape index (κ2) is 11.5. The predicted octanol–water partition coefficient (Wildman–Crippen LogP) is 4.68. The average Bonchev–Trinajstić information content (AvgIpc) is 2.89. The number of anilines is 1. The average molecular weight is 456 g/mol. The van der Waals surface area contributed by atoms with Crippen LogP contribution in [-0.4, -0.2) is 42.9 Å². The van der Waals surface area contributed by atoms with E-state index in [4.69, 9.17) is 0 Å². The summed E-state index contributed by atoms with van der Waals surface area (Å²) in [6.07, 6.45) is 3.02. The van der Waals surface area contributed by atoms with Gasteiger partial charge in [0.1, 0.15) is 0 Å². The Hall–Kier alpha value is -3.60. The van der Waals surface area contributed by atoms with Gasteiger partial charge in [-0.2, -0.15) is 0 Å². The van der Waals surface area contributed by atoms with Crippen molar-refractivity contribution in [3.8, 4) is 0 Å². The molecule has 0 unspecified atom stereocenters. The van der Waals surface area contributed by atoms with Crippen LogP contribution in [0.5, 0.6) is 0 Å². The first-order valence-electron chi connectivity index (χ1n) is 12.1. The summed E-state index contributed by atoms with van der Waals surface area (Å²) in [6, 6.07) is 28.2. The molecule has 1 heterocycles. The molecule has 5 nitrogen and oxygen atoms in total. The number of carbonyl (C=O) groups is 2. The van der Waals surface area contributed by atoms with Crippen LogP contribution in [0.1, 0.15) is 40.7 Å². The van der Waals surface area contributed by atoms with Crippen molar-refractivity contribution >= 4 is 17.5 Å². The van der Waals surface area contributed by atoms with E-state index >= 15 is 0 Å². The van der Waals surface area contributed by atoms with E-state index in [1.807, 2.05) is 79.8 Å². The fourth-order valence-corrected chi connectivity index (χ4v) is 4.53. The quantitative estimate of drug-likeness (QED) is 0.537. The molecule has 1 aliphatic rings. The molecule has 0 bridgehead atoms. The number of rotatable bonds is 8. The summed E-state index contributed by atoms with van der Waals surface area (Å²) in [6.45, 7) is 2.21. The molecule has 5 heteroatoms. The molecule has 3 aromatic carbocycles. The monoisotopic (exact) mass is 455 g/mol. The van der Waals surface area contributed by atoms with E-state index in [0.717, 1.165) is 49.2 Å². The molecule has 1 saturated heterocycles. The van der Waals surface area contributed by atoms with Crippen molar-refractivity contribution in [3.63, 3.8) is 0 Å². The van der Waals surface area contributed by atoms with Gasteiger partial charge in [0.2, 0.25) is 5.91 Å². The molecule has 1 fully saturated rings. The van der Waals surface area contributed by atoms with E-state index in [-0.39, 0.29) is 17.9 Å². The zero-order valence-electron chi connectivity index (χ0n) is 19.8. The van der Waals surface area contributed by atoms with Crippen LogP contribution in [0, 0.1) is 0 Å². The number of hydrogen-bond acceptors (Lipinski definition) is 3. The highest BCUT2D eigenvalue weighted by molar-refractivity contribution is 5.99. The van der Waals surface area contributed by atoms with Gasteiger partial charge in [0.15, 0.2) is 0 Å². The summed E-state index contributed by atoms with van der Waals surface area (Å²) in [5, 5.41) is 3.20. The number of hydrogen-bond donors (Lipinski definition) is 1. The van der Waals surface area contributed by atoms with Gasteiger partial charge in [-0.05, 0) is 42.5 Å². The van der Waals surface area contributed by atoms with Crippen LogP contribution in [0.2, 0.25) is 0 Å². The van der Waals surface area contributed by atoms with Crippen LogP contribution in [0.25, 0.3) is 0 Å². The molecule has 34 heavy (non-hydrogen) atoms. The highest BCUT2D eigenvalue weighted by atomic mass is 16.2. The largest absolute Gasteiger partial charge is 0.371 e. The topological polar surface area (TPSA) is 52.7 Å². The first-order valence-corrected chi connectivity index (χ1v) is 12.1. The van der Waals surface area contributed by atoms with Crippen molar-refractivity contribution in [1.29, 1.82) is 0 Å². The molecule has 176 valence electrons. The molecule has 3 aromatic rings. The van der Waals surface area contributed by atoms with Crippen LogP contribution >= 0.6 is 0 Å². The second-order valence-electron chi connectivity index (χ2n) is 8.98. The van der Waals surface area contributed by atoms with Crippen molar-refractivity contribution in [3.05, 3.63) is 102 Å². The van der Waals surface area contributed by atoms with Gasteiger partial charge in [-0.25, -0.2) is 0 Å². The van der Waals surface area contributed by atoms with Gasteiger partial charge < -0.3 is 15.1 Å². The Kier molecular flexibility index (Phi) is 7.97. The number of amides is 2. The van der Waals surface area contributed by atoms with Crippen LogP contribution < -0.4 is 10.2 Å². The fourth-order valence-electron chi connectivity index (χ4n) is 4.53. The van der Waals surface area contributed by atoms with Gasteiger partial charge in [-0.3, -0.25) is 9.59 Å². The minimum absolute atomic E-state index is 0.0239. The number of para-hydroxylation sites is 1. The van der Waals surface area contributed by atoms with Crippen molar-refractivity contribution in [1.82, 2.24) is 10.2 Å². The summed E-state index contributed by atoms with van der Waals surface area (Å²) in [5.74, 6) is 0.135. The highest BCUT2D eigenvalue weighted by Crippen LogP contribution is 2.26. The van der Waals surface area contributed by atoms with Gasteiger partial charge in [-0.15, -0.1) is 0 Å². The molecular formula is C29H33N3O2. The zero-order valence-corrected chi connectivity index (χ0v) is 19.8. The maximum Gasteiger partial charge on any atom is 0.256 e. The fraction of sp³-hybridized carbons (Fsp3) is 0.310. The van der Waals surface area contributed by atoms with Crippen LogP contribution in [-0.2, 0) is 17.8 Å². The lowest BCUT2D eigenvalue weighted by Gasteiger charge is -2.35. The van der Waals surface area contributed by atoms with Gasteiger partial charge in [0.05, 0.1) is 5.56 Å². The third-order valence-electron chi connectivity index (χ3n) is 6.43. The summed E-state index contributed by atoms with van der Waals surface area (Å²) in [4.78, 5) is 29.7. The normalized spacial score (nSPS) is 14.0. The first-order chi connectivity index (χ1) is 16.6. The smallest absolute Gasteiger partial charge is 0.256 e. The van der Waals surface area contributed by atoms with Crippen molar-refractivity contribution in [2.24, 2.45) is 0 Å². The maximum atomic E-state index is 13.3. The lowest BCUT2D eigenvalue weighted by Crippen LogP contribution is -2.45. The van der Waals surface area contributed by atoms with E-state index in [0.29, 0.717) is 13.0 Å². The van der Waals surface area contributed by atoms with Gasteiger partial charge in [-0.1, -0.05) is 72.8 Å². The maximum absolute atomic E-state index is 13.3. The standard InChI is InChI=1S/C29H33N3O2/c1-31(22-24-12-6-3-7-13-24)29(34)26-14-8-9-15-27(26)32-20-18-25(19-21-32)30-28(33)17-16-23-10-4-2-5-11-23/h2-15,25H,16-22H2,1H3,(H,30,33). The van der Waals surface area contributed by atoms with E-state index in [9.17, 15) is 9.59 Å². The molecule has 1 N–H and O–H groups in total. The van der Waals surface area contributed by atoms with Gasteiger partial charge >= 0.3 is 0 Å². The minimum atomic E-state index is 0.0239. The second-order valence-corrected chi connectivity index (χ2v) is 8.98. The summed E-state index contributed by atoms with van der Waals surface area (Å²) < 4.78 is 0. The molecule has 0 radical (unpaired) electrons. The lowest BCUT2D eigenvalue weighted by molar-refractivity contribution is -0.121. The SMILES string of the molecule is CN(Cc1ccccc1)C(=O)c1ccccc1N1CCC(NC(=O)CCc2ccccc2)CC1. The third kappa shape index (κ3) is 6.25. The Labute approximate surface area is 202 Å². The number of piperidine rings is 1. The van der Waals surface area contributed by atoms with Crippen molar-refractivity contribution in [2.45, 2.75) is 38.3 Å². The van der Waals surface area contributed by atoms with Crippen LogP contribution in [0.3, 0.4) is 0 Å². The Bertz CT molecular complexity index is 1080. The third-order valence-corrected chi connectivity index (χ3v) is 6.43. The summed E-state index contributed by atoms with van der Waals surface area (Å²) >= 11 is 0. The summed E-state index contributed by atoms with van der Waals surface area (Å²) in [7, 11) is 1.85. The molecule has 4 rings (SSSR count). The Morgan fingerprint density at radius 3 is 2.12 bits per heavy atom. The van der Waals surface area contributed by atoms with E-state index < -0.39 is 0 Å². The van der Waals surface area contributed by atoms with Gasteiger partial charge in [0.25, 0.3) is 5.91 Å². The van der Waals surface area contributed by atoms with Crippen molar-refractivity contribution in [2.75, 3.05) is 25.0 Å². The molecule has 0 atom stereocenters. The molecule has 2 amide bonds. The van der Waals surface area contributed by atoms with E-state index in [1.54, 1.807) is 4.90 Å². The Morgan fingerprint density at radius 2 is 1.44 bits per heavy atom. The molecule has 1 aliphatic heterocycles. The first kappa shape index (κ1) is 23.6. The van der Waals surface area contributed by atoms with E-state index in [1.165, 1.54) is 5.56 Å². The molecule has 0 aromatic heterocycles. The molecule has 0 saturated carbocycles. The number of aryl methyl sites for hydroxylation is 1. The van der Waals surface area contributed by atoms with Gasteiger partial charge in [0, 0.05) is 44.8 Å². The molecule has 0 spiro atoms. The van der Waals surface area contributed by atoms with Crippen molar-refractivity contribution < 1.29 is 9.59 Å².